The van der Waals surface area contributed by atoms with Crippen molar-refractivity contribution >= 4 is 17.5 Å². The first-order valence-electron chi connectivity index (χ1n) is 8.63. The first-order chi connectivity index (χ1) is 12.2. The van der Waals surface area contributed by atoms with Gasteiger partial charge in [-0.15, -0.1) is 0 Å². The smallest absolute Gasteiger partial charge is 0.343 e. The molecule has 0 unspecified atom stereocenters. The minimum absolute atomic E-state index is 0.0632. The zero-order valence-corrected chi connectivity index (χ0v) is 15.0. The second kappa shape index (κ2) is 10.1. The first-order valence-corrected chi connectivity index (χ1v) is 8.63. The number of carbonyl (C=O) groups excluding carboxylic acids is 2. The molecule has 0 bridgehead atoms. The quantitative estimate of drug-likeness (QED) is 0.640. The molecule has 0 spiro atoms. The average molecular weight is 376 g/mol. The summed E-state index contributed by atoms with van der Waals surface area (Å²) in [6.07, 6.45) is -2.62. The van der Waals surface area contributed by atoms with Gasteiger partial charge in [0.1, 0.15) is 5.82 Å². The Morgan fingerprint density at radius 1 is 1.08 bits per heavy atom. The summed E-state index contributed by atoms with van der Waals surface area (Å²) in [5, 5.41) is 2.14. The Kier molecular flexibility index (Phi) is 8.54. The van der Waals surface area contributed by atoms with Crippen LogP contribution in [0.1, 0.15) is 51.5 Å². The van der Waals surface area contributed by atoms with Crippen LogP contribution in [-0.2, 0) is 15.8 Å². The summed E-state index contributed by atoms with van der Waals surface area (Å²) < 4.78 is 51.6. The van der Waals surface area contributed by atoms with Crippen LogP contribution >= 0.6 is 0 Å². The predicted molar refractivity (Wildman–Crippen MR) is 91.0 cm³/mol. The minimum atomic E-state index is -4.62. The van der Waals surface area contributed by atoms with Crippen LogP contribution in [0.3, 0.4) is 0 Å². The monoisotopic (exact) mass is 376 g/mol. The predicted octanol–water partition coefficient (Wildman–Crippen LogP) is 4.60. The highest BCUT2D eigenvalue weighted by atomic mass is 19.4. The van der Waals surface area contributed by atoms with Crippen molar-refractivity contribution in [1.82, 2.24) is 4.90 Å². The number of anilines is 1. The highest BCUT2D eigenvalue weighted by Gasteiger charge is 2.31. The zero-order chi connectivity index (χ0) is 19.7. The summed E-state index contributed by atoms with van der Waals surface area (Å²) in [6.45, 7) is 5.22. The standard InChI is InChI=1S/C18H24F4N2O2/c1-3-10-24(11-4-2)17(26)7-5-6-16(25)23-15-12-13(18(20,21)22)8-9-14(15)19/h8-9,12H,3-7,10-11H2,1-2H3,(H,23,25). The van der Waals surface area contributed by atoms with Crippen molar-refractivity contribution in [3.63, 3.8) is 0 Å². The first kappa shape index (κ1) is 21.9. The van der Waals surface area contributed by atoms with Crippen molar-refractivity contribution in [2.45, 2.75) is 52.1 Å². The highest BCUT2D eigenvalue weighted by Crippen LogP contribution is 2.31. The van der Waals surface area contributed by atoms with E-state index >= 15 is 0 Å². The van der Waals surface area contributed by atoms with E-state index in [-0.39, 0.29) is 25.2 Å². The molecule has 1 rings (SSSR count). The average Bonchev–Trinajstić information content (AvgIpc) is 2.55. The number of carbonyl (C=O) groups is 2. The van der Waals surface area contributed by atoms with E-state index in [1.54, 1.807) is 4.90 Å². The summed E-state index contributed by atoms with van der Waals surface area (Å²) in [6, 6.07) is 1.83. The minimum Gasteiger partial charge on any atom is -0.343 e. The van der Waals surface area contributed by atoms with Gasteiger partial charge in [0.25, 0.3) is 0 Å². The van der Waals surface area contributed by atoms with Crippen molar-refractivity contribution in [3.05, 3.63) is 29.6 Å². The van der Waals surface area contributed by atoms with E-state index in [0.29, 0.717) is 31.3 Å². The van der Waals surface area contributed by atoms with Gasteiger partial charge in [0.15, 0.2) is 0 Å². The molecule has 1 aromatic carbocycles. The highest BCUT2D eigenvalue weighted by molar-refractivity contribution is 5.91. The van der Waals surface area contributed by atoms with Gasteiger partial charge in [-0.2, -0.15) is 13.2 Å². The molecule has 1 aromatic rings. The zero-order valence-electron chi connectivity index (χ0n) is 15.0. The fraction of sp³-hybridized carbons (Fsp3) is 0.556. The van der Waals surface area contributed by atoms with Gasteiger partial charge in [0.2, 0.25) is 11.8 Å². The number of halogens is 4. The third kappa shape index (κ3) is 7.01. The second-order valence-electron chi connectivity index (χ2n) is 5.97. The third-order valence-electron chi connectivity index (χ3n) is 3.70. The van der Waals surface area contributed by atoms with Crippen LogP contribution in [0.5, 0.6) is 0 Å². The molecule has 4 nitrogen and oxygen atoms in total. The normalized spacial score (nSPS) is 11.3. The fourth-order valence-corrected chi connectivity index (χ4v) is 2.47. The number of nitrogens with zero attached hydrogens (tertiary/aromatic N) is 1. The molecule has 2 amide bonds. The van der Waals surface area contributed by atoms with Gasteiger partial charge in [-0.25, -0.2) is 4.39 Å². The van der Waals surface area contributed by atoms with Gasteiger partial charge in [0, 0.05) is 25.9 Å². The number of amides is 2. The van der Waals surface area contributed by atoms with Gasteiger partial charge in [-0.05, 0) is 37.5 Å². The maximum absolute atomic E-state index is 13.6. The van der Waals surface area contributed by atoms with E-state index in [4.69, 9.17) is 0 Å². The van der Waals surface area contributed by atoms with E-state index in [1.807, 2.05) is 13.8 Å². The molecule has 0 aliphatic carbocycles. The van der Waals surface area contributed by atoms with E-state index < -0.39 is 29.2 Å². The molecule has 8 heteroatoms. The Morgan fingerprint density at radius 3 is 2.23 bits per heavy atom. The van der Waals surface area contributed by atoms with Crippen LogP contribution in [0.25, 0.3) is 0 Å². The molecule has 0 aliphatic heterocycles. The number of hydrogen-bond donors (Lipinski definition) is 1. The van der Waals surface area contributed by atoms with Crippen LogP contribution in [0, 0.1) is 5.82 Å². The Hall–Kier alpha value is -2.12. The molecule has 1 N–H and O–H groups in total. The van der Waals surface area contributed by atoms with E-state index in [9.17, 15) is 27.2 Å². The molecule has 26 heavy (non-hydrogen) atoms. The van der Waals surface area contributed by atoms with E-state index in [0.717, 1.165) is 12.8 Å². The number of rotatable bonds is 9. The van der Waals surface area contributed by atoms with Gasteiger partial charge < -0.3 is 10.2 Å². The lowest BCUT2D eigenvalue weighted by atomic mass is 10.1. The van der Waals surface area contributed by atoms with Crippen LogP contribution in [0.4, 0.5) is 23.2 Å². The van der Waals surface area contributed by atoms with Crippen molar-refractivity contribution in [1.29, 1.82) is 0 Å². The van der Waals surface area contributed by atoms with Crippen LogP contribution < -0.4 is 5.32 Å². The molecule has 0 fully saturated rings. The van der Waals surface area contributed by atoms with Crippen molar-refractivity contribution in [2.24, 2.45) is 0 Å². The summed E-state index contributed by atoms with van der Waals surface area (Å²) in [4.78, 5) is 25.7. The Labute approximate surface area is 150 Å². The third-order valence-corrected chi connectivity index (χ3v) is 3.70. The largest absolute Gasteiger partial charge is 0.416 e. The fourth-order valence-electron chi connectivity index (χ4n) is 2.47. The molecule has 0 radical (unpaired) electrons. The Bertz CT molecular complexity index is 612. The lowest BCUT2D eigenvalue weighted by Crippen LogP contribution is -2.32. The molecule has 0 heterocycles. The summed E-state index contributed by atoms with van der Waals surface area (Å²) >= 11 is 0. The topological polar surface area (TPSA) is 49.4 Å². The SMILES string of the molecule is CCCN(CCC)C(=O)CCCC(=O)Nc1cc(C(F)(F)F)ccc1F. The van der Waals surface area contributed by atoms with E-state index in [1.165, 1.54) is 0 Å². The number of nitrogens with one attached hydrogen (secondary N) is 1. The van der Waals surface area contributed by atoms with Crippen LogP contribution in [0.2, 0.25) is 0 Å². The van der Waals surface area contributed by atoms with Gasteiger partial charge in [-0.3, -0.25) is 9.59 Å². The second-order valence-corrected chi connectivity index (χ2v) is 5.97. The molecule has 0 saturated carbocycles. The van der Waals surface area contributed by atoms with Crippen LogP contribution in [-0.4, -0.2) is 29.8 Å². The molecule has 0 atom stereocenters. The van der Waals surface area contributed by atoms with Gasteiger partial charge in [0.05, 0.1) is 11.3 Å². The molecule has 0 saturated heterocycles. The van der Waals surface area contributed by atoms with Gasteiger partial charge >= 0.3 is 6.18 Å². The van der Waals surface area contributed by atoms with Crippen molar-refractivity contribution in [3.8, 4) is 0 Å². The lowest BCUT2D eigenvalue weighted by molar-refractivity contribution is -0.137. The molecule has 0 aliphatic rings. The summed E-state index contributed by atoms with van der Waals surface area (Å²) in [5.74, 6) is -1.64. The number of hydrogen-bond acceptors (Lipinski definition) is 2. The number of benzene rings is 1. The van der Waals surface area contributed by atoms with Crippen LogP contribution in [0.15, 0.2) is 18.2 Å². The Morgan fingerprint density at radius 2 is 1.69 bits per heavy atom. The maximum Gasteiger partial charge on any atom is 0.416 e. The molecule has 146 valence electrons. The summed E-state index contributed by atoms with van der Waals surface area (Å²) in [7, 11) is 0. The maximum atomic E-state index is 13.6. The van der Waals surface area contributed by atoms with Crippen molar-refractivity contribution in [2.75, 3.05) is 18.4 Å². The van der Waals surface area contributed by atoms with Crippen molar-refractivity contribution < 1.29 is 27.2 Å². The molecular formula is C18H24F4N2O2. The molecular weight excluding hydrogens is 352 g/mol. The number of alkyl halides is 3. The van der Waals surface area contributed by atoms with E-state index in [2.05, 4.69) is 5.32 Å². The summed E-state index contributed by atoms with van der Waals surface area (Å²) in [5.41, 5.74) is -1.56. The van der Waals surface area contributed by atoms with Gasteiger partial charge in [-0.1, -0.05) is 13.8 Å². The molecule has 0 aromatic heterocycles. The lowest BCUT2D eigenvalue weighted by Gasteiger charge is -2.21. The Balaban J connectivity index is 2.56.